The van der Waals surface area contributed by atoms with Crippen molar-refractivity contribution in [3.8, 4) is 0 Å². The highest BCUT2D eigenvalue weighted by Gasteiger charge is 2.30. The highest BCUT2D eigenvalue weighted by atomic mass is 32.1. The second-order valence-electron chi connectivity index (χ2n) is 5.96. The van der Waals surface area contributed by atoms with Crippen LogP contribution in [0.5, 0.6) is 0 Å². The van der Waals surface area contributed by atoms with E-state index in [4.69, 9.17) is 5.73 Å². The quantitative estimate of drug-likeness (QED) is 0.880. The van der Waals surface area contributed by atoms with Crippen LogP contribution in [-0.2, 0) is 6.42 Å². The number of aromatic nitrogens is 4. The molecule has 0 spiro atoms. The Labute approximate surface area is 117 Å². The van der Waals surface area contributed by atoms with E-state index in [-0.39, 0.29) is 0 Å². The molecule has 3 rings (SSSR count). The van der Waals surface area contributed by atoms with Gasteiger partial charge in [-0.2, -0.15) is 9.61 Å². The van der Waals surface area contributed by atoms with Gasteiger partial charge < -0.3 is 5.73 Å². The molecule has 6 heteroatoms. The van der Waals surface area contributed by atoms with E-state index in [0.717, 1.165) is 35.2 Å². The summed E-state index contributed by atoms with van der Waals surface area (Å²) in [6.45, 7) is 5.21. The average Bonchev–Trinajstić information content (AvgIpc) is 3.00. The summed E-state index contributed by atoms with van der Waals surface area (Å²) in [5, 5.41) is 14.3. The Bertz CT molecular complexity index is 554. The number of hydrogen-bond acceptors (Lipinski definition) is 5. The molecule has 1 unspecified atom stereocenters. The summed E-state index contributed by atoms with van der Waals surface area (Å²) in [6.07, 6.45) is 4.58. The maximum atomic E-state index is 5.87. The Morgan fingerprint density at radius 1 is 1.37 bits per heavy atom. The molecule has 0 aromatic carbocycles. The standard InChI is InChI=1S/C13H21N5S/c1-8(2)5-9(7-14)6-11-17-18-12(10-3-4-10)15-16-13(18)19-11/h8-10H,3-7,14H2,1-2H3. The van der Waals surface area contributed by atoms with Crippen LogP contribution in [0.2, 0.25) is 0 Å². The molecule has 1 aliphatic rings. The molecule has 2 N–H and O–H groups in total. The van der Waals surface area contributed by atoms with Crippen LogP contribution >= 0.6 is 11.3 Å². The molecule has 1 fully saturated rings. The fourth-order valence-electron chi connectivity index (χ4n) is 2.53. The molecule has 0 bridgehead atoms. The van der Waals surface area contributed by atoms with Gasteiger partial charge in [-0.25, -0.2) is 0 Å². The highest BCUT2D eigenvalue weighted by Crippen LogP contribution is 2.39. The third kappa shape index (κ3) is 2.79. The first-order chi connectivity index (χ1) is 9.17. The number of nitrogens with zero attached hydrogens (tertiary/aromatic N) is 4. The second kappa shape index (κ2) is 5.17. The minimum Gasteiger partial charge on any atom is -0.330 e. The third-order valence-electron chi connectivity index (χ3n) is 3.60. The third-order valence-corrected chi connectivity index (χ3v) is 4.52. The predicted octanol–water partition coefficient (Wildman–Crippen LogP) is 2.23. The van der Waals surface area contributed by atoms with Gasteiger partial charge in [-0.1, -0.05) is 25.2 Å². The van der Waals surface area contributed by atoms with Crippen LogP contribution in [0.15, 0.2) is 0 Å². The Kier molecular flexibility index (Phi) is 3.54. The molecule has 1 aliphatic carbocycles. The first-order valence-corrected chi connectivity index (χ1v) is 7.90. The molecule has 104 valence electrons. The van der Waals surface area contributed by atoms with Crippen molar-refractivity contribution in [3.63, 3.8) is 0 Å². The van der Waals surface area contributed by atoms with Crippen molar-refractivity contribution < 1.29 is 0 Å². The Morgan fingerprint density at radius 2 is 2.16 bits per heavy atom. The molecule has 2 heterocycles. The Hall–Kier alpha value is -1.01. The van der Waals surface area contributed by atoms with E-state index in [1.807, 2.05) is 4.52 Å². The van der Waals surface area contributed by atoms with Crippen LogP contribution in [0.4, 0.5) is 0 Å². The van der Waals surface area contributed by atoms with Crippen LogP contribution in [0.25, 0.3) is 4.96 Å². The minimum absolute atomic E-state index is 0.521. The van der Waals surface area contributed by atoms with Crippen LogP contribution in [0.1, 0.15) is 49.9 Å². The molecule has 5 nitrogen and oxygen atoms in total. The van der Waals surface area contributed by atoms with Crippen molar-refractivity contribution in [2.75, 3.05) is 6.54 Å². The molecule has 0 amide bonds. The van der Waals surface area contributed by atoms with Gasteiger partial charge in [-0.15, -0.1) is 10.2 Å². The van der Waals surface area contributed by atoms with Crippen molar-refractivity contribution in [1.29, 1.82) is 0 Å². The molecular weight excluding hydrogens is 258 g/mol. The van der Waals surface area contributed by atoms with Crippen molar-refractivity contribution in [3.05, 3.63) is 10.8 Å². The van der Waals surface area contributed by atoms with E-state index in [1.54, 1.807) is 11.3 Å². The Morgan fingerprint density at radius 3 is 2.79 bits per heavy atom. The van der Waals surface area contributed by atoms with E-state index in [9.17, 15) is 0 Å². The topological polar surface area (TPSA) is 69.1 Å². The lowest BCUT2D eigenvalue weighted by molar-refractivity contribution is 0.413. The first-order valence-electron chi connectivity index (χ1n) is 7.08. The lowest BCUT2D eigenvalue weighted by atomic mass is 9.95. The van der Waals surface area contributed by atoms with Gasteiger partial charge >= 0.3 is 0 Å². The van der Waals surface area contributed by atoms with E-state index in [2.05, 4.69) is 29.1 Å². The van der Waals surface area contributed by atoms with Crippen molar-refractivity contribution in [2.24, 2.45) is 17.6 Å². The summed E-state index contributed by atoms with van der Waals surface area (Å²) in [7, 11) is 0. The van der Waals surface area contributed by atoms with E-state index in [1.165, 1.54) is 12.8 Å². The molecule has 19 heavy (non-hydrogen) atoms. The van der Waals surface area contributed by atoms with Crippen LogP contribution in [0.3, 0.4) is 0 Å². The minimum atomic E-state index is 0.521. The van der Waals surface area contributed by atoms with Crippen LogP contribution < -0.4 is 5.73 Å². The van der Waals surface area contributed by atoms with Gasteiger partial charge in [-0.05, 0) is 37.6 Å². The zero-order valence-corrected chi connectivity index (χ0v) is 12.4. The average molecular weight is 279 g/mol. The smallest absolute Gasteiger partial charge is 0.234 e. The normalized spacial score (nSPS) is 17.5. The lowest BCUT2D eigenvalue weighted by Gasteiger charge is -2.14. The van der Waals surface area contributed by atoms with Crippen LogP contribution in [-0.4, -0.2) is 26.4 Å². The predicted molar refractivity (Wildman–Crippen MR) is 76.3 cm³/mol. The Balaban J connectivity index is 1.77. The molecule has 1 atom stereocenters. The summed E-state index contributed by atoms with van der Waals surface area (Å²) < 4.78 is 1.95. The molecule has 0 saturated heterocycles. The summed E-state index contributed by atoms with van der Waals surface area (Å²) in [5.74, 6) is 2.84. The van der Waals surface area contributed by atoms with Crippen molar-refractivity contribution >= 4 is 16.3 Å². The van der Waals surface area contributed by atoms with Gasteiger partial charge in [0.1, 0.15) is 5.01 Å². The first kappa shape index (κ1) is 13.0. The maximum absolute atomic E-state index is 5.87. The van der Waals surface area contributed by atoms with Gasteiger partial charge in [0.25, 0.3) is 0 Å². The van der Waals surface area contributed by atoms with E-state index >= 15 is 0 Å². The SMILES string of the molecule is CC(C)CC(CN)Cc1nn2c(C3CC3)nnc2s1. The monoisotopic (exact) mass is 279 g/mol. The van der Waals surface area contributed by atoms with Gasteiger partial charge in [0.05, 0.1) is 0 Å². The van der Waals surface area contributed by atoms with Gasteiger partial charge in [0.2, 0.25) is 4.96 Å². The molecule has 0 aliphatic heterocycles. The van der Waals surface area contributed by atoms with E-state index < -0.39 is 0 Å². The molecule has 2 aromatic heterocycles. The van der Waals surface area contributed by atoms with Gasteiger partial charge in [-0.3, -0.25) is 0 Å². The second-order valence-corrected chi connectivity index (χ2v) is 7.00. The zero-order valence-electron chi connectivity index (χ0n) is 11.5. The van der Waals surface area contributed by atoms with Gasteiger partial charge in [0.15, 0.2) is 5.82 Å². The maximum Gasteiger partial charge on any atom is 0.234 e. The molecule has 2 aromatic rings. The highest BCUT2D eigenvalue weighted by molar-refractivity contribution is 7.16. The zero-order chi connectivity index (χ0) is 13.4. The number of rotatable bonds is 6. The van der Waals surface area contributed by atoms with Crippen molar-refractivity contribution in [2.45, 2.75) is 45.4 Å². The fourth-order valence-corrected chi connectivity index (χ4v) is 3.48. The van der Waals surface area contributed by atoms with Crippen molar-refractivity contribution in [1.82, 2.24) is 19.8 Å². The van der Waals surface area contributed by atoms with E-state index in [0.29, 0.717) is 17.8 Å². The van der Waals surface area contributed by atoms with Gasteiger partial charge in [0, 0.05) is 12.3 Å². The van der Waals surface area contributed by atoms with Crippen LogP contribution in [0, 0.1) is 11.8 Å². The number of nitrogens with two attached hydrogens (primary N) is 1. The molecule has 0 radical (unpaired) electrons. The summed E-state index contributed by atoms with van der Waals surface area (Å²) in [5.41, 5.74) is 5.87. The lowest BCUT2D eigenvalue weighted by Crippen LogP contribution is -2.18. The summed E-state index contributed by atoms with van der Waals surface area (Å²) >= 11 is 1.66. The summed E-state index contributed by atoms with van der Waals surface area (Å²) in [6, 6.07) is 0. The largest absolute Gasteiger partial charge is 0.330 e. The fraction of sp³-hybridized carbons (Fsp3) is 0.769. The molecule has 1 saturated carbocycles. The summed E-state index contributed by atoms with van der Waals surface area (Å²) in [4.78, 5) is 0.928. The molecular formula is C13H21N5S. The number of hydrogen-bond donors (Lipinski definition) is 1. The number of fused-ring (bicyclic) bond motifs is 1.